The van der Waals surface area contributed by atoms with Gasteiger partial charge in [-0.1, -0.05) is 35.5 Å². The first-order valence-corrected chi connectivity index (χ1v) is 10.4. The Balaban J connectivity index is 1.58. The highest BCUT2D eigenvalue weighted by atomic mass is 32.2. The number of nitrogen functional groups attached to an aromatic ring is 1. The number of ether oxygens (including phenoxy) is 2. The lowest BCUT2D eigenvalue weighted by molar-refractivity contribution is 0.0954. The average molecular weight is 423 g/mol. The molecule has 0 radical (unpaired) electrons. The minimum Gasteiger partial charge on any atom is -0.493 e. The van der Waals surface area contributed by atoms with E-state index >= 15 is 0 Å². The molecule has 0 heterocycles. The maximum atomic E-state index is 12.5. The van der Waals surface area contributed by atoms with Gasteiger partial charge in [0.25, 0.3) is 5.91 Å². The first-order chi connectivity index (χ1) is 14.5. The number of hydrogen-bond donors (Lipinski definition) is 2. The molecule has 0 spiro atoms. The van der Waals surface area contributed by atoms with Crippen molar-refractivity contribution >= 4 is 23.4 Å². The van der Waals surface area contributed by atoms with Gasteiger partial charge in [0, 0.05) is 27.6 Å². The van der Waals surface area contributed by atoms with E-state index in [0.29, 0.717) is 35.7 Å². The molecule has 0 saturated heterocycles. The zero-order valence-corrected chi connectivity index (χ0v) is 18.2. The molecule has 3 aromatic carbocycles. The van der Waals surface area contributed by atoms with E-state index in [0.717, 1.165) is 15.4 Å². The van der Waals surface area contributed by atoms with Crippen LogP contribution in [-0.4, -0.2) is 26.7 Å². The van der Waals surface area contributed by atoms with Gasteiger partial charge in [0.1, 0.15) is 0 Å². The van der Waals surface area contributed by atoms with E-state index in [2.05, 4.69) is 36.5 Å². The zero-order chi connectivity index (χ0) is 21.5. The Kier molecular flexibility index (Phi) is 7.25. The maximum Gasteiger partial charge on any atom is 0.251 e. The molecule has 0 aliphatic heterocycles. The molecular weight excluding hydrogens is 396 g/mol. The number of amides is 1. The quantitative estimate of drug-likeness (QED) is 0.514. The van der Waals surface area contributed by atoms with Crippen LogP contribution in [0.4, 0.5) is 5.69 Å². The van der Waals surface area contributed by atoms with Gasteiger partial charge in [-0.05, 0) is 61.4 Å². The van der Waals surface area contributed by atoms with Gasteiger partial charge in [-0.15, -0.1) is 0 Å². The van der Waals surface area contributed by atoms with Crippen molar-refractivity contribution in [3.63, 3.8) is 0 Å². The van der Waals surface area contributed by atoms with Crippen LogP contribution in [0.5, 0.6) is 11.5 Å². The number of rotatable bonds is 8. The molecule has 0 aliphatic rings. The third-order valence-corrected chi connectivity index (χ3v) is 5.77. The van der Waals surface area contributed by atoms with Crippen LogP contribution in [0.2, 0.25) is 0 Å². The third-order valence-electron chi connectivity index (χ3n) is 4.67. The number of hydrogen-bond acceptors (Lipinski definition) is 5. The summed E-state index contributed by atoms with van der Waals surface area (Å²) >= 11 is 1.59. The molecule has 0 bridgehead atoms. The van der Waals surface area contributed by atoms with Crippen molar-refractivity contribution in [1.29, 1.82) is 0 Å². The fraction of sp³-hybridized carbons (Fsp3) is 0.208. The number of nitrogens with one attached hydrogen (secondary N) is 1. The van der Waals surface area contributed by atoms with Crippen molar-refractivity contribution in [1.82, 2.24) is 5.32 Å². The summed E-state index contributed by atoms with van der Waals surface area (Å²) in [6.07, 6.45) is 0.683. The molecule has 0 unspecified atom stereocenters. The molecule has 3 aromatic rings. The number of methoxy groups -OCH3 is 2. The summed E-state index contributed by atoms with van der Waals surface area (Å²) in [7, 11) is 3.21. The summed E-state index contributed by atoms with van der Waals surface area (Å²) in [5.74, 6) is 1.22. The topological polar surface area (TPSA) is 73.6 Å². The lowest BCUT2D eigenvalue weighted by atomic mass is 10.1. The highest BCUT2D eigenvalue weighted by Gasteiger charge is 2.10. The second-order valence-electron chi connectivity index (χ2n) is 6.86. The van der Waals surface area contributed by atoms with Crippen molar-refractivity contribution in [3.8, 4) is 11.5 Å². The molecule has 5 nitrogen and oxygen atoms in total. The van der Waals surface area contributed by atoms with Gasteiger partial charge in [-0.3, -0.25) is 4.79 Å². The van der Waals surface area contributed by atoms with Crippen molar-refractivity contribution in [2.75, 3.05) is 26.5 Å². The van der Waals surface area contributed by atoms with Crippen LogP contribution in [0.15, 0.2) is 70.5 Å². The average Bonchev–Trinajstić information content (AvgIpc) is 2.76. The van der Waals surface area contributed by atoms with Crippen molar-refractivity contribution in [2.24, 2.45) is 0 Å². The number of nitrogens with two attached hydrogens (primary N) is 1. The molecule has 0 fully saturated rings. The van der Waals surface area contributed by atoms with E-state index in [1.807, 2.05) is 24.3 Å². The largest absolute Gasteiger partial charge is 0.493 e. The van der Waals surface area contributed by atoms with Crippen LogP contribution in [0.1, 0.15) is 21.5 Å². The SMILES string of the molecule is COc1ccc(CCNC(=O)c2ccc(Sc3ccc(C)cc3)c(N)c2)cc1OC. The van der Waals surface area contributed by atoms with Gasteiger partial charge in [-0.25, -0.2) is 0 Å². The standard InChI is InChI=1S/C24H26N2O3S/c1-16-4-8-19(9-5-16)30-23-11-7-18(15-20(23)25)24(27)26-13-12-17-6-10-21(28-2)22(14-17)29-3/h4-11,14-15H,12-13,25H2,1-3H3,(H,26,27). The van der Waals surface area contributed by atoms with Crippen LogP contribution < -0.4 is 20.5 Å². The van der Waals surface area contributed by atoms with Gasteiger partial charge in [0.2, 0.25) is 0 Å². The molecule has 6 heteroatoms. The van der Waals surface area contributed by atoms with Crippen LogP contribution in [-0.2, 0) is 6.42 Å². The summed E-state index contributed by atoms with van der Waals surface area (Å²) in [4.78, 5) is 14.5. The highest BCUT2D eigenvalue weighted by Crippen LogP contribution is 2.32. The summed E-state index contributed by atoms with van der Waals surface area (Å²) in [5.41, 5.74) is 9.60. The van der Waals surface area contributed by atoms with Gasteiger partial charge in [0.15, 0.2) is 11.5 Å². The summed E-state index contributed by atoms with van der Waals surface area (Å²) < 4.78 is 10.6. The molecule has 3 N–H and O–H groups in total. The maximum absolute atomic E-state index is 12.5. The lowest BCUT2D eigenvalue weighted by Crippen LogP contribution is -2.25. The summed E-state index contributed by atoms with van der Waals surface area (Å²) in [6.45, 7) is 2.56. The fourth-order valence-corrected chi connectivity index (χ4v) is 3.81. The lowest BCUT2D eigenvalue weighted by Gasteiger charge is -2.11. The fourth-order valence-electron chi connectivity index (χ4n) is 2.97. The molecular formula is C24H26N2O3S. The van der Waals surface area contributed by atoms with Gasteiger partial charge >= 0.3 is 0 Å². The van der Waals surface area contributed by atoms with Crippen molar-refractivity contribution < 1.29 is 14.3 Å². The van der Waals surface area contributed by atoms with E-state index < -0.39 is 0 Å². The predicted molar refractivity (Wildman–Crippen MR) is 122 cm³/mol. The summed E-state index contributed by atoms with van der Waals surface area (Å²) in [5, 5.41) is 2.94. The van der Waals surface area contributed by atoms with Crippen molar-refractivity contribution in [3.05, 3.63) is 77.4 Å². The number of anilines is 1. The molecule has 30 heavy (non-hydrogen) atoms. The molecule has 156 valence electrons. The normalized spacial score (nSPS) is 10.5. The minimum atomic E-state index is -0.144. The van der Waals surface area contributed by atoms with Gasteiger partial charge < -0.3 is 20.5 Å². The number of carbonyl (C=O) groups is 1. The van der Waals surface area contributed by atoms with E-state index in [1.54, 1.807) is 38.1 Å². The third kappa shape index (κ3) is 5.48. The van der Waals surface area contributed by atoms with Crippen LogP contribution in [0, 0.1) is 6.92 Å². The highest BCUT2D eigenvalue weighted by molar-refractivity contribution is 7.99. The number of benzene rings is 3. The van der Waals surface area contributed by atoms with E-state index in [1.165, 1.54) is 5.56 Å². The Bertz CT molecular complexity index is 1020. The smallest absolute Gasteiger partial charge is 0.251 e. The Morgan fingerprint density at radius 2 is 1.70 bits per heavy atom. The molecule has 0 aliphatic carbocycles. The van der Waals surface area contributed by atoms with Crippen LogP contribution >= 0.6 is 11.8 Å². The van der Waals surface area contributed by atoms with Crippen LogP contribution in [0.25, 0.3) is 0 Å². The number of aryl methyl sites for hydroxylation is 1. The second-order valence-corrected chi connectivity index (χ2v) is 7.98. The molecule has 0 atom stereocenters. The first-order valence-electron chi connectivity index (χ1n) is 9.63. The van der Waals surface area contributed by atoms with Gasteiger partial charge in [-0.2, -0.15) is 0 Å². The monoisotopic (exact) mass is 422 g/mol. The van der Waals surface area contributed by atoms with Crippen LogP contribution in [0.3, 0.4) is 0 Å². The van der Waals surface area contributed by atoms with E-state index in [-0.39, 0.29) is 5.91 Å². The summed E-state index contributed by atoms with van der Waals surface area (Å²) in [6, 6.07) is 19.4. The Hall–Kier alpha value is -3.12. The minimum absolute atomic E-state index is 0.144. The molecule has 3 rings (SSSR count). The Labute approximate surface area is 181 Å². The number of carbonyl (C=O) groups excluding carboxylic acids is 1. The molecule has 1 amide bonds. The molecule has 0 saturated carbocycles. The second kappa shape index (κ2) is 10.1. The Morgan fingerprint density at radius 1 is 0.967 bits per heavy atom. The Morgan fingerprint density at radius 3 is 2.37 bits per heavy atom. The van der Waals surface area contributed by atoms with E-state index in [4.69, 9.17) is 15.2 Å². The predicted octanol–water partition coefficient (Wildman–Crippen LogP) is 4.72. The van der Waals surface area contributed by atoms with Crippen molar-refractivity contribution in [2.45, 2.75) is 23.1 Å². The van der Waals surface area contributed by atoms with Gasteiger partial charge in [0.05, 0.1) is 14.2 Å². The first kappa shape index (κ1) is 21.6. The molecule has 0 aromatic heterocycles. The van der Waals surface area contributed by atoms with E-state index in [9.17, 15) is 4.79 Å². The zero-order valence-electron chi connectivity index (χ0n) is 17.4.